The van der Waals surface area contributed by atoms with E-state index in [-0.39, 0.29) is 0 Å². The molecule has 1 aliphatic heterocycles. The monoisotopic (exact) mass is 305 g/mol. The Bertz CT molecular complexity index is 636. The molecular weight excluding hydrogens is 284 g/mol. The standard InChI is InChI=1S/C15H20N4OS/c1-2-11-12(3-1)21-15-13(11)14(17-10-18-15)16-4-5-19-6-8-20-9-7-19/h10H,1-9H2,(H,16,17,18)/p+1. The molecule has 0 atom stereocenters. The Morgan fingerprint density at radius 3 is 3.05 bits per heavy atom. The van der Waals surface area contributed by atoms with Crippen molar-refractivity contribution in [3.8, 4) is 0 Å². The fourth-order valence-corrected chi connectivity index (χ4v) is 4.56. The van der Waals surface area contributed by atoms with Crippen molar-refractivity contribution in [2.24, 2.45) is 0 Å². The van der Waals surface area contributed by atoms with E-state index in [1.54, 1.807) is 11.2 Å². The number of nitrogens with one attached hydrogen (secondary N) is 2. The van der Waals surface area contributed by atoms with Crippen LogP contribution in [-0.2, 0) is 17.6 Å². The molecule has 2 aliphatic rings. The minimum absolute atomic E-state index is 0.894. The zero-order valence-electron chi connectivity index (χ0n) is 12.2. The van der Waals surface area contributed by atoms with Crippen LogP contribution in [-0.4, -0.2) is 49.4 Å². The van der Waals surface area contributed by atoms with Crippen molar-refractivity contribution >= 4 is 27.4 Å². The van der Waals surface area contributed by atoms with Crippen LogP contribution in [0.25, 0.3) is 10.2 Å². The van der Waals surface area contributed by atoms with E-state index in [9.17, 15) is 0 Å². The largest absolute Gasteiger partial charge is 0.370 e. The second-order valence-electron chi connectivity index (χ2n) is 5.80. The molecule has 0 unspecified atom stereocenters. The number of aryl methyl sites for hydroxylation is 2. The van der Waals surface area contributed by atoms with Gasteiger partial charge in [0.1, 0.15) is 30.1 Å². The Hall–Kier alpha value is -1.24. The predicted octanol–water partition coefficient (Wildman–Crippen LogP) is 0.507. The summed E-state index contributed by atoms with van der Waals surface area (Å²) in [6, 6.07) is 0. The molecule has 5 nitrogen and oxygen atoms in total. The van der Waals surface area contributed by atoms with Crippen LogP contribution in [0.15, 0.2) is 6.33 Å². The van der Waals surface area contributed by atoms with Crippen molar-refractivity contribution in [1.82, 2.24) is 9.97 Å². The average Bonchev–Trinajstić information content (AvgIpc) is 3.09. The molecule has 0 spiro atoms. The van der Waals surface area contributed by atoms with Crippen molar-refractivity contribution in [3.05, 3.63) is 16.8 Å². The molecule has 21 heavy (non-hydrogen) atoms. The number of morpholine rings is 1. The number of hydrogen-bond donors (Lipinski definition) is 2. The van der Waals surface area contributed by atoms with Gasteiger partial charge < -0.3 is 15.0 Å². The molecule has 2 aromatic heterocycles. The van der Waals surface area contributed by atoms with Crippen LogP contribution in [0.4, 0.5) is 5.82 Å². The molecule has 2 N–H and O–H groups in total. The summed E-state index contributed by atoms with van der Waals surface area (Å²) in [5.74, 6) is 1.03. The highest BCUT2D eigenvalue weighted by molar-refractivity contribution is 7.19. The van der Waals surface area contributed by atoms with Gasteiger partial charge in [-0.1, -0.05) is 0 Å². The summed E-state index contributed by atoms with van der Waals surface area (Å²) >= 11 is 1.85. The van der Waals surface area contributed by atoms with E-state index in [0.717, 1.165) is 50.0 Å². The van der Waals surface area contributed by atoms with Gasteiger partial charge in [-0.05, 0) is 24.8 Å². The first-order chi connectivity index (χ1) is 10.4. The molecule has 1 fully saturated rings. The number of fused-ring (bicyclic) bond motifs is 3. The molecule has 2 aromatic rings. The number of quaternary nitrogens is 1. The Kier molecular flexibility index (Phi) is 3.75. The molecule has 0 bridgehead atoms. The van der Waals surface area contributed by atoms with E-state index in [1.807, 2.05) is 11.3 Å². The fourth-order valence-electron chi connectivity index (χ4n) is 3.33. The number of nitrogens with zero attached hydrogens (tertiary/aromatic N) is 2. The lowest BCUT2D eigenvalue weighted by atomic mass is 10.2. The van der Waals surface area contributed by atoms with Gasteiger partial charge in [0, 0.05) is 4.88 Å². The van der Waals surface area contributed by atoms with Gasteiger partial charge >= 0.3 is 0 Å². The normalized spacial score (nSPS) is 19.0. The summed E-state index contributed by atoms with van der Waals surface area (Å²) < 4.78 is 5.40. The first kappa shape index (κ1) is 13.4. The molecule has 3 heterocycles. The Labute approximate surface area is 128 Å². The topological polar surface area (TPSA) is 51.5 Å². The molecule has 0 radical (unpaired) electrons. The van der Waals surface area contributed by atoms with E-state index in [4.69, 9.17) is 4.74 Å². The maximum Gasteiger partial charge on any atom is 0.138 e. The summed E-state index contributed by atoms with van der Waals surface area (Å²) in [5.41, 5.74) is 1.50. The van der Waals surface area contributed by atoms with Crippen molar-refractivity contribution in [3.63, 3.8) is 0 Å². The van der Waals surface area contributed by atoms with Crippen molar-refractivity contribution in [1.29, 1.82) is 0 Å². The number of anilines is 1. The summed E-state index contributed by atoms with van der Waals surface area (Å²) in [7, 11) is 0. The lowest BCUT2D eigenvalue weighted by molar-refractivity contribution is -0.906. The van der Waals surface area contributed by atoms with Gasteiger partial charge in [-0.3, -0.25) is 0 Å². The highest BCUT2D eigenvalue weighted by Crippen LogP contribution is 2.38. The van der Waals surface area contributed by atoms with E-state index in [0.29, 0.717) is 0 Å². The molecule has 1 aliphatic carbocycles. The van der Waals surface area contributed by atoms with E-state index in [1.165, 1.54) is 35.1 Å². The van der Waals surface area contributed by atoms with Gasteiger partial charge in [0.05, 0.1) is 31.7 Å². The number of aromatic nitrogens is 2. The second kappa shape index (κ2) is 5.87. The maximum absolute atomic E-state index is 5.40. The first-order valence-electron chi connectivity index (χ1n) is 7.82. The van der Waals surface area contributed by atoms with Gasteiger partial charge in [0.15, 0.2) is 0 Å². The van der Waals surface area contributed by atoms with Crippen LogP contribution in [0.5, 0.6) is 0 Å². The van der Waals surface area contributed by atoms with Crippen LogP contribution >= 0.6 is 11.3 Å². The molecule has 0 aromatic carbocycles. The van der Waals surface area contributed by atoms with E-state index in [2.05, 4.69) is 15.3 Å². The third-order valence-electron chi connectivity index (χ3n) is 4.47. The molecule has 4 rings (SSSR count). The van der Waals surface area contributed by atoms with Gasteiger partial charge in [0.2, 0.25) is 0 Å². The summed E-state index contributed by atoms with van der Waals surface area (Å²) in [6.45, 7) is 6.12. The predicted molar refractivity (Wildman–Crippen MR) is 84.3 cm³/mol. The van der Waals surface area contributed by atoms with Gasteiger partial charge in [0.25, 0.3) is 0 Å². The van der Waals surface area contributed by atoms with E-state index >= 15 is 0 Å². The number of rotatable bonds is 4. The molecule has 112 valence electrons. The van der Waals surface area contributed by atoms with Crippen LogP contribution in [0.2, 0.25) is 0 Å². The number of hydrogen-bond acceptors (Lipinski definition) is 5. The zero-order chi connectivity index (χ0) is 14.1. The molecule has 0 saturated carbocycles. The Morgan fingerprint density at radius 2 is 2.14 bits per heavy atom. The average molecular weight is 305 g/mol. The maximum atomic E-state index is 5.40. The van der Waals surface area contributed by atoms with E-state index < -0.39 is 0 Å². The molecular formula is C15H21N4OS+. The highest BCUT2D eigenvalue weighted by Gasteiger charge is 2.21. The minimum atomic E-state index is 0.894. The summed E-state index contributed by atoms with van der Waals surface area (Å²) in [5, 5.41) is 4.83. The van der Waals surface area contributed by atoms with Gasteiger partial charge in [-0.15, -0.1) is 11.3 Å². The molecule has 1 saturated heterocycles. The van der Waals surface area contributed by atoms with Gasteiger partial charge in [-0.25, -0.2) is 9.97 Å². The molecule has 6 heteroatoms. The van der Waals surface area contributed by atoms with Crippen LogP contribution in [0, 0.1) is 0 Å². The third kappa shape index (κ3) is 2.63. The Balaban J connectivity index is 1.48. The van der Waals surface area contributed by atoms with Crippen LogP contribution < -0.4 is 10.2 Å². The third-order valence-corrected chi connectivity index (χ3v) is 5.67. The quantitative estimate of drug-likeness (QED) is 0.864. The smallest absolute Gasteiger partial charge is 0.138 e. The summed E-state index contributed by atoms with van der Waals surface area (Å²) in [4.78, 5) is 13.2. The highest BCUT2D eigenvalue weighted by atomic mass is 32.1. The Morgan fingerprint density at radius 1 is 1.24 bits per heavy atom. The lowest BCUT2D eigenvalue weighted by Gasteiger charge is -2.23. The minimum Gasteiger partial charge on any atom is -0.370 e. The van der Waals surface area contributed by atoms with Crippen molar-refractivity contribution < 1.29 is 9.64 Å². The SMILES string of the molecule is c1nc(NCC[NH+]2CCOCC2)c2c3c(sc2n1)CCC3. The van der Waals surface area contributed by atoms with Gasteiger partial charge in [-0.2, -0.15) is 0 Å². The molecule has 0 amide bonds. The fraction of sp³-hybridized carbons (Fsp3) is 0.600. The van der Waals surface area contributed by atoms with Crippen LogP contribution in [0.3, 0.4) is 0 Å². The van der Waals surface area contributed by atoms with Crippen LogP contribution in [0.1, 0.15) is 16.9 Å². The number of thiophene rings is 1. The number of ether oxygens (including phenoxy) is 1. The zero-order valence-corrected chi connectivity index (χ0v) is 13.0. The second-order valence-corrected chi connectivity index (χ2v) is 6.88. The first-order valence-corrected chi connectivity index (χ1v) is 8.64. The lowest BCUT2D eigenvalue weighted by Crippen LogP contribution is -3.14. The van der Waals surface area contributed by atoms with Crippen molar-refractivity contribution in [2.75, 3.05) is 44.7 Å². The summed E-state index contributed by atoms with van der Waals surface area (Å²) in [6.07, 6.45) is 5.38. The van der Waals surface area contributed by atoms with Crippen molar-refractivity contribution in [2.45, 2.75) is 19.3 Å².